The van der Waals surface area contributed by atoms with E-state index in [4.69, 9.17) is 0 Å². The molecule has 0 spiro atoms. The molecule has 0 aliphatic carbocycles. The van der Waals surface area contributed by atoms with Crippen molar-refractivity contribution in [3.63, 3.8) is 0 Å². The van der Waals surface area contributed by atoms with Gasteiger partial charge in [0.1, 0.15) is 0 Å². The Labute approximate surface area is 111 Å². The molecular formula is C13H6N3S2. The van der Waals surface area contributed by atoms with Crippen LogP contribution in [0.15, 0.2) is 36.0 Å². The molecule has 0 aliphatic rings. The van der Waals surface area contributed by atoms with Crippen LogP contribution >= 0.6 is 22.7 Å². The highest BCUT2D eigenvalue weighted by molar-refractivity contribution is 7.18. The molecule has 0 bridgehead atoms. The van der Waals surface area contributed by atoms with Gasteiger partial charge in [0.2, 0.25) is 0 Å². The van der Waals surface area contributed by atoms with E-state index in [0.29, 0.717) is 0 Å². The smallest absolute Gasteiger partial charge is 0.171 e. The topological polar surface area (TPSA) is 38.7 Å². The first-order valence-corrected chi connectivity index (χ1v) is 7.07. The molecule has 0 saturated heterocycles. The van der Waals surface area contributed by atoms with E-state index in [1.165, 1.54) is 21.6 Å². The molecule has 0 N–H and O–H groups in total. The van der Waals surface area contributed by atoms with Crippen LogP contribution in [0.4, 0.5) is 0 Å². The lowest BCUT2D eigenvalue weighted by Crippen LogP contribution is -1.82. The predicted molar refractivity (Wildman–Crippen MR) is 74.9 cm³/mol. The van der Waals surface area contributed by atoms with E-state index >= 15 is 0 Å². The molecule has 0 atom stereocenters. The second kappa shape index (κ2) is 3.83. The van der Waals surface area contributed by atoms with Gasteiger partial charge in [-0.05, 0) is 12.1 Å². The number of hydrogen-bond donors (Lipinski definition) is 0. The van der Waals surface area contributed by atoms with Crippen LogP contribution < -0.4 is 0 Å². The van der Waals surface area contributed by atoms with Crippen LogP contribution in [0.3, 0.4) is 0 Å². The van der Waals surface area contributed by atoms with Crippen molar-refractivity contribution in [1.82, 2.24) is 15.0 Å². The minimum absolute atomic E-state index is 0.763. The first-order valence-electron chi connectivity index (χ1n) is 5.37. The number of hydrogen-bond acceptors (Lipinski definition) is 5. The van der Waals surface area contributed by atoms with Crippen LogP contribution in [0, 0.1) is 5.51 Å². The fourth-order valence-corrected chi connectivity index (χ4v) is 3.56. The van der Waals surface area contributed by atoms with Crippen molar-refractivity contribution >= 4 is 43.2 Å². The average Bonchev–Trinajstić information content (AvgIpc) is 3.06. The molecule has 4 rings (SSSR count). The van der Waals surface area contributed by atoms with Crippen molar-refractivity contribution in [1.29, 1.82) is 0 Å². The number of thiazole rings is 2. The number of benzene rings is 1. The van der Waals surface area contributed by atoms with Crippen LogP contribution in [0.25, 0.3) is 31.7 Å². The van der Waals surface area contributed by atoms with E-state index in [1.807, 2.05) is 23.7 Å². The third-order valence-corrected chi connectivity index (χ3v) is 4.50. The molecule has 0 unspecified atom stereocenters. The highest BCUT2D eigenvalue weighted by Crippen LogP contribution is 2.35. The molecule has 3 heterocycles. The van der Waals surface area contributed by atoms with E-state index in [0.717, 1.165) is 21.4 Å². The van der Waals surface area contributed by atoms with Gasteiger partial charge in [-0.3, -0.25) is 0 Å². The van der Waals surface area contributed by atoms with Crippen molar-refractivity contribution in [2.45, 2.75) is 0 Å². The normalized spacial score (nSPS) is 11.3. The molecule has 0 aliphatic heterocycles. The number of fused-ring (bicyclic) bond motifs is 2. The van der Waals surface area contributed by atoms with Crippen molar-refractivity contribution in [2.75, 3.05) is 0 Å². The second-order valence-electron chi connectivity index (χ2n) is 3.82. The fourth-order valence-electron chi connectivity index (χ4n) is 2.04. The highest BCUT2D eigenvalue weighted by Gasteiger charge is 2.11. The van der Waals surface area contributed by atoms with Gasteiger partial charge in [-0.15, -0.1) is 22.7 Å². The lowest BCUT2D eigenvalue weighted by molar-refractivity contribution is 1.32. The minimum Gasteiger partial charge on any atom is -0.245 e. The van der Waals surface area contributed by atoms with Gasteiger partial charge in [-0.2, -0.15) is 0 Å². The maximum atomic E-state index is 4.36. The summed E-state index contributed by atoms with van der Waals surface area (Å²) in [6.45, 7) is 0. The van der Waals surface area contributed by atoms with Gasteiger partial charge in [-0.25, -0.2) is 15.0 Å². The SMILES string of the molecule is [c]1nc2nccc(-c3cccc4ncsc34)c2s1. The van der Waals surface area contributed by atoms with E-state index in [1.54, 1.807) is 17.5 Å². The summed E-state index contributed by atoms with van der Waals surface area (Å²) in [5.41, 5.74) is 8.94. The summed E-state index contributed by atoms with van der Waals surface area (Å²) < 4.78 is 2.29. The zero-order valence-electron chi connectivity index (χ0n) is 9.12. The van der Waals surface area contributed by atoms with Gasteiger partial charge in [0.05, 0.1) is 20.4 Å². The Morgan fingerprint density at radius 2 is 1.94 bits per heavy atom. The molecule has 18 heavy (non-hydrogen) atoms. The zero-order valence-corrected chi connectivity index (χ0v) is 10.8. The van der Waals surface area contributed by atoms with Gasteiger partial charge in [0, 0.05) is 17.3 Å². The minimum atomic E-state index is 0.763. The van der Waals surface area contributed by atoms with Gasteiger partial charge in [-0.1, -0.05) is 12.1 Å². The lowest BCUT2D eigenvalue weighted by atomic mass is 10.1. The quantitative estimate of drug-likeness (QED) is 0.527. The standard InChI is InChI=1S/C13H6N3S2/c1-2-8(11-10(3-1)15-6-17-11)9-4-5-14-13-12(9)18-7-16-13/h1-6H. The Morgan fingerprint density at radius 1 is 1.00 bits per heavy atom. The molecule has 1 aromatic carbocycles. The number of nitrogens with zero attached hydrogens (tertiary/aromatic N) is 3. The average molecular weight is 268 g/mol. The molecule has 3 nitrogen and oxygen atoms in total. The summed E-state index contributed by atoms with van der Waals surface area (Å²) in [5, 5.41) is 0. The van der Waals surface area contributed by atoms with Gasteiger partial charge < -0.3 is 0 Å². The Morgan fingerprint density at radius 3 is 2.94 bits per heavy atom. The molecule has 85 valence electrons. The largest absolute Gasteiger partial charge is 0.245 e. The highest BCUT2D eigenvalue weighted by atomic mass is 32.1. The summed E-state index contributed by atoms with van der Waals surface area (Å²) in [5.74, 6) is 0. The van der Waals surface area contributed by atoms with Crippen LogP contribution in [0.5, 0.6) is 0 Å². The van der Waals surface area contributed by atoms with Gasteiger partial charge in [0.25, 0.3) is 0 Å². The van der Waals surface area contributed by atoms with Crippen LogP contribution in [0.2, 0.25) is 0 Å². The number of aromatic nitrogens is 3. The van der Waals surface area contributed by atoms with E-state index in [9.17, 15) is 0 Å². The van der Waals surface area contributed by atoms with E-state index in [2.05, 4.69) is 26.5 Å². The number of pyridine rings is 1. The predicted octanol–water partition coefficient (Wildman–Crippen LogP) is 3.77. The molecule has 0 amide bonds. The summed E-state index contributed by atoms with van der Waals surface area (Å²) in [6.07, 6.45) is 1.80. The molecule has 4 aromatic rings. The molecule has 0 fully saturated rings. The molecule has 3 aromatic heterocycles. The second-order valence-corrected chi connectivity index (χ2v) is 5.47. The molecule has 0 saturated carbocycles. The van der Waals surface area contributed by atoms with Crippen molar-refractivity contribution in [3.05, 3.63) is 41.5 Å². The molecular weight excluding hydrogens is 262 g/mol. The Kier molecular flexibility index (Phi) is 2.15. The Hall–Kier alpha value is -1.85. The summed E-state index contributed by atoms with van der Waals surface area (Å²) >= 11 is 3.17. The first-order chi connectivity index (χ1) is 8.93. The zero-order chi connectivity index (χ0) is 11.9. The third-order valence-electron chi connectivity index (χ3n) is 2.83. The maximum absolute atomic E-state index is 4.36. The molecule has 1 radical (unpaired) electrons. The van der Waals surface area contributed by atoms with Gasteiger partial charge in [0.15, 0.2) is 11.2 Å². The third kappa shape index (κ3) is 1.38. The van der Waals surface area contributed by atoms with E-state index < -0.39 is 0 Å². The van der Waals surface area contributed by atoms with Crippen LogP contribution in [-0.4, -0.2) is 15.0 Å². The van der Waals surface area contributed by atoms with Crippen molar-refractivity contribution < 1.29 is 0 Å². The summed E-state index contributed by atoms with van der Waals surface area (Å²) in [4.78, 5) is 12.7. The van der Waals surface area contributed by atoms with Crippen molar-refractivity contribution in [2.24, 2.45) is 0 Å². The monoisotopic (exact) mass is 268 g/mol. The summed E-state index contributed by atoms with van der Waals surface area (Å²) in [6, 6.07) is 8.22. The fraction of sp³-hybridized carbons (Fsp3) is 0. The Balaban J connectivity index is 2.13. The van der Waals surface area contributed by atoms with Crippen LogP contribution in [0.1, 0.15) is 0 Å². The Bertz CT molecular complexity index is 775. The summed E-state index contributed by atoms with van der Waals surface area (Å²) in [7, 11) is 0. The first kappa shape index (κ1) is 10.1. The van der Waals surface area contributed by atoms with Gasteiger partial charge >= 0.3 is 0 Å². The lowest BCUT2D eigenvalue weighted by Gasteiger charge is -2.03. The molecule has 5 heteroatoms. The van der Waals surface area contributed by atoms with Crippen LogP contribution in [-0.2, 0) is 0 Å². The van der Waals surface area contributed by atoms with Crippen molar-refractivity contribution in [3.8, 4) is 11.1 Å². The number of rotatable bonds is 1. The van der Waals surface area contributed by atoms with E-state index in [-0.39, 0.29) is 0 Å². The maximum Gasteiger partial charge on any atom is 0.171 e.